The second-order valence-corrected chi connectivity index (χ2v) is 7.90. The first kappa shape index (κ1) is 19.9. The fourth-order valence-corrected chi connectivity index (χ4v) is 4.23. The average Bonchev–Trinajstić information content (AvgIpc) is 3.27. The van der Waals surface area contributed by atoms with Gasteiger partial charge in [-0.25, -0.2) is 19.8 Å². The molecule has 0 bridgehead atoms. The lowest BCUT2D eigenvalue weighted by Gasteiger charge is -2.31. The van der Waals surface area contributed by atoms with Crippen LogP contribution in [-0.4, -0.2) is 49.4 Å². The summed E-state index contributed by atoms with van der Waals surface area (Å²) in [5.41, 5.74) is 4.56. The molecule has 2 aromatic carbocycles. The third-order valence-electron chi connectivity index (χ3n) is 5.83. The molecule has 7 heteroatoms. The van der Waals surface area contributed by atoms with E-state index in [2.05, 4.69) is 14.5 Å². The van der Waals surface area contributed by atoms with Gasteiger partial charge in [-0.05, 0) is 12.8 Å². The van der Waals surface area contributed by atoms with Crippen molar-refractivity contribution >= 4 is 28.7 Å². The first-order valence-corrected chi connectivity index (χ1v) is 10.7. The molecule has 1 unspecified atom stereocenters. The van der Waals surface area contributed by atoms with Crippen molar-refractivity contribution < 1.29 is 9.90 Å². The van der Waals surface area contributed by atoms with Crippen LogP contribution in [0.25, 0.3) is 11.0 Å². The number of rotatable bonds is 4. The fraction of sp³-hybridized carbons (Fsp3) is 0.200. The third kappa shape index (κ3) is 3.97. The summed E-state index contributed by atoms with van der Waals surface area (Å²) in [5.74, 6) is 0.591. The van der Waals surface area contributed by atoms with Crippen LogP contribution in [0.2, 0.25) is 0 Å². The normalized spacial score (nSPS) is 16.1. The quantitative estimate of drug-likeness (QED) is 0.471. The Kier molecular flexibility index (Phi) is 5.37. The number of likely N-dealkylation sites (tertiary alicyclic amines) is 1. The Labute approximate surface area is 185 Å². The molecule has 7 nitrogen and oxygen atoms in total. The zero-order valence-corrected chi connectivity index (χ0v) is 17.5. The highest BCUT2D eigenvalue weighted by molar-refractivity contribution is 6.13. The minimum Gasteiger partial charge on any atom is -0.465 e. The Balaban J connectivity index is 1.56. The summed E-state index contributed by atoms with van der Waals surface area (Å²) in [4.78, 5) is 26.9. The van der Waals surface area contributed by atoms with Crippen molar-refractivity contribution in [2.45, 2.75) is 18.9 Å². The number of fused-ring (bicyclic) bond motifs is 1. The molecule has 1 saturated heterocycles. The molecular weight excluding hydrogens is 402 g/mol. The summed E-state index contributed by atoms with van der Waals surface area (Å²) in [5, 5.41) is 9.40. The zero-order valence-electron chi connectivity index (χ0n) is 17.5. The molecule has 0 aliphatic carbocycles. The van der Waals surface area contributed by atoms with Crippen LogP contribution in [0.5, 0.6) is 0 Å². The Hall–Kier alpha value is -4.00. The first-order chi connectivity index (χ1) is 15.7. The summed E-state index contributed by atoms with van der Waals surface area (Å²) in [6.07, 6.45) is 4.39. The van der Waals surface area contributed by atoms with Crippen molar-refractivity contribution in [3.8, 4) is 0 Å². The predicted molar refractivity (Wildman–Crippen MR) is 124 cm³/mol. The smallest absolute Gasteiger partial charge is 0.407 e. The van der Waals surface area contributed by atoms with E-state index in [1.807, 2.05) is 66.7 Å². The largest absolute Gasteiger partial charge is 0.465 e. The maximum absolute atomic E-state index is 11.5. The number of amides is 1. The monoisotopic (exact) mass is 425 g/mol. The van der Waals surface area contributed by atoms with E-state index in [0.29, 0.717) is 18.9 Å². The van der Waals surface area contributed by atoms with Crippen LogP contribution in [0.15, 0.2) is 84.2 Å². The second-order valence-electron chi connectivity index (χ2n) is 7.90. The van der Waals surface area contributed by atoms with Crippen molar-refractivity contribution in [2.75, 3.05) is 13.1 Å². The second kappa shape index (κ2) is 8.63. The molecule has 0 radical (unpaired) electrons. The summed E-state index contributed by atoms with van der Waals surface area (Å²) in [6.45, 7) is 1.04. The summed E-state index contributed by atoms with van der Waals surface area (Å²) in [7, 11) is 0. The predicted octanol–water partition coefficient (Wildman–Crippen LogP) is 4.92. The lowest BCUT2D eigenvalue weighted by Crippen LogP contribution is -2.39. The number of carbonyl (C=O) groups is 1. The molecular formula is C25H23N5O2. The van der Waals surface area contributed by atoms with Gasteiger partial charge in [-0.15, -0.1) is 0 Å². The van der Waals surface area contributed by atoms with E-state index in [-0.39, 0.29) is 6.04 Å². The number of imidazole rings is 1. The minimum atomic E-state index is -0.874. The van der Waals surface area contributed by atoms with Crippen molar-refractivity contribution in [1.29, 1.82) is 0 Å². The highest BCUT2D eigenvalue weighted by atomic mass is 16.4. The SMILES string of the molecule is O=C(O)N1CCCC(n2cnc3cnc(N=C(c4ccccc4)c4ccccc4)cc32)C1. The lowest BCUT2D eigenvalue weighted by molar-refractivity contribution is 0.122. The van der Waals surface area contributed by atoms with Crippen LogP contribution in [0.1, 0.15) is 30.0 Å². The number of aliphatic imine (C=N–C) groups is 1. The van der Waals surface area contributed by atoms with Crippen LogP contribution in [0.3, 0.4) is 0 Å². The van der Waals surface area contributed by atoms with Gasteiger partial charge in [0.1, 0.15) is 5.52 Å². The Bertz CT molecular complexity index is 1230. The maximum atomic E-state index is 11.5. The molecule has 0 saturated carbocycles. The maximum Gasteiger partial charge on any atom is 0.407 e. The molecule has 2 aromatic heterocycles. The molecule has 1 atom stereocenters. The number of nitrogens with zero attached hydrogens (tertiary/aromatic N) is 5. The highest BCUT2D eigenvalue weighted by Crippen LogP contribution is 2.27. The average molecular weight is 425 g/mol. The topological polar surface area (TPSA) is 83.6 Å². The Morgan fingerprint density at radius 2 is 1.69 bits per heavy atom. The van der Waals surface area contributed by atoms with Crippen molar-refractivity contribution in [2.24, 2.45) is 4.99 Å². The first-order valence-electron chi connectivity index (χ1n) is 10.7. The van der Waals surface area contributed by atoms with Crippen LogP contribution < -0.4 is 0 Å². The van der Waals surface area contributed by atoms with Gasteiger partial charge in [-0.1, -0.05) is 60.7 Å². The molecule has 5 rings (SSSR count). The van der Waals surface area contributed by atoms with Gasteiger partial charge in [0, 0.05) is 30.3 Å². The highest BCUT2D eigenvalue weighted by Gasteiger charge is 2.25. The molecule has 32 heavy (non-hydrogen) atoms. The summed E-state index contributed by atoms with van der Waals surface area (Å²) in [6, 6.07) is 22.1. The van der Waals surface area contributed by atoms with E-state index >= 15 is 0 Å². The number of carboxylic acid groups (broad SMARTS) is 1. The number of piperidine rings is 1. The van der Waals surface area contributed by atoms with Crippen LogP contribution >= 0.6 is 0 Å². The number of hydrogen-bond donors (Lipinski definition) is 1. The zero-order chi connectivity index (χ0) is 21.9. The van der Waals surface area contributed by atoms with Gasteiger partial charge >= 0.3 is 6.09 Å². The summed E-state index contributed by atoms with van der Waals surface area (Å²) >= 11 is 0. The van der Waals surface area contributed by atoms with Crippen LogP contribution in [0.4, 0.5) is 10.6 Å². The lowest BCUT2D eigenvalue weighted by atomic mass is 10.0. The standard InChI is InChI=1S/C25H23N5O2/c31-25(32)29-13-7-12-20(16-29)30-17-27-21-15-26-23(14-22(21)30)28-24(18-8-3-1-4-9-18)19-10-5-2-6-11-19/h1-6,8-11,14-15,17,20H,7,12-13,16H2,(H,31,32). The third-order valence-corrected chi connectivity index (χ3v) is 5.83. The molecule has 1 aliphatic heterocycles. The van der Waals surface area contributed by atoms with E-state index in [0.717, 1.165) is 40.7 Å². The van der Waals surface area contributed by atoms with E-state index < -0.39 is 6.09 Å². The van der Waals surface area contributed by atoms with E-state index in [1.165, 1.54) is 4.90 Å². The van der Waals surface area contributed by atoms with Crippen molar-refractivity contribution in [3.63, 3.8) is 0 Å². The number of pyridine rings is 1. The number of hydrogen-bond acceptors (Lipinski definition) is 4. The molecule has 1 amide bonds. The number of aromatic nitrogens is 3. The molecule has 0 spiro atoms. The van der Waals surface area contributed by atoms with E-state index in [4.69, 9.17) is 4.99 Å². The summed E-state index contributed by atoms with van der Waals surface area (Å²) < 4.78 is 2.07. The fourth-order valence-electron chi connectivity index (χ4n) is 4.23. The van der Waals surface area contributed by atoms with Gasteiger partial charge < -0.3 is 14.6 Å². The Morgan fingerprint density at radius 3 is 2.34 bits per heavy atom. The van der Waals surface area contributed by atoms with Gasteiger partial charge in [0.25, 0.3) is 0 Å². The van der Waals surface area contributed by atoms with Gasteiger partial charge in [-0.3, -0.25) is 0 Å². The van der Waals surface area contributed by atoms with Crippen molar-refractivity contribution in [3.05, 3.63) is 90.4 Å². The minimum absolute atomic E-state index is 0.0480. The van der Waals surface area contributed by atoms with Gasteiger partial charge in [0.2, 0.25) is 0 Å². The molecule has 3 heterocycles. The van der Waals surface area contributed by atoms with Crippen LogP contribution in [0, 0.1) is 0 Å². The molecule has 4 aromatic rings. The molecule has 1 fully saturated rings. The van der Waals surface area contributed by atoms with Gasteiger partial charge in [0.05, 0.1) is 29.8 Å². The Morgan fingerprint density at radius 1 is 1.00 bits per heavy atom. The molecule has 1 aliphatic rings. The van der Waals surface area contributed by atoms with Gasteiger partial charge in [-0.2, -0.15) is 0 Å². The molecule has 160 valence electrons. The number of benzene rings is 2. The van der Waals surface area contributed by atoms with E-state index in [1.54, 1.807) is 12.5 Å². The van der Waals surface area contributed by atoms with Crippen LogP contribution in [-0.2, 0) is 0 Å². The van der Waals surface area contributed by atoms with Gasteiger partial charge in [0.15, 0.2) is 5.82 Å². The van der Waals surface area contributed by atoms with E-state index in [9.17, 15) is 9.90 Å². The molecule has 1 N–H and O–H groups in total. The van der Waals surface area contributed by atoms with Crippen molar-refractivity contribution in [1.82, 2.24) is 19.4 Å².